The van der Waals surface area contributed by atoms with Gasteiger partial charge in [-0.15, -0.1) is 0 Å². The molecule has 0 aliphatic rings. The van der Waals surface area contributed by atoms with Crippen LogP contribution in [-0.2, 0) is 0 Å². The monoisotopic (exact) mass is 496 g/mol. The van der Waals surface area contributed by atoms with E-state index in [4.69, 9.17) is 0 Å². The predicted octanol–water partition coefficient (Wildman–Crippen LogP) is 5.59. The average Bonchev–Trinajstić information content (AvgIpc) is 3.05. The van der Waals surface area contributed by atoms with Crippen molar-refractivity contribution in [3.8, 4) is 5.69 Å². The molecule has 1 heterocycles. The third-order valence-corrected chi connectivity index (χ3v) is 4.96. The van der Waals surface area contributed by atoms with Crippen LogP contribution in [0.2, 0.25) is 0 Å². The van der Waals surface area contributed by atoms with Crippen LogP contribution in [0.4, 0.5) is 11.4 Å². The van der Waals surface area contributed by atoms with Crippen LogP contribution in [0.1, 0.15) is 15.9 Å². The third-order valence-electron chi connectivity index (χ3n) is 3.66. The summed E-state index contributed by atoms with van der Waals surface area (Å²) in [6, 6.07) is 13.3. The number of nitrogens with zero attached hydrogens (tertiary/aromatic N) is 1. The summed E-state index contributed by atoms with van der Waals surface area (Å²) in [6.07, 6.45) is 3.83. The molecule has 0 saturated heterocycles. The van der Waals surface area contributed by atoms with Crippen molar-refractivity contribution in [3.63, 3.8) is 0 Å². The molecule has 0 aliphatic heterocycles. The highest BCUT2D eigenvalue weighted by molar-refractivity contribution is 14.1. The molecule has 0 atom stereocenters. The Labute approximate surface area is 161 Å². The topological polar surface area (TPSA) is 54.3 Å². The van der Waals surface area contributed by atoms with E-state index in [-0.39, 0.29) is 5.56 Å². The number of hydrogen-bond donors (Lipinski definition) is 2. The molecule has 0 spiro atoms. The van der Waals surface area contributed by atoms with Gasteiger partial charge in [0, 0.05) is 26.1 Å². The van der Waals surface area contributed by atoms with Crippen molar-refractivity contribution in [2.75, 3.05) is 5.32 Å². The van der Waals surface area contributed by atoms with Gasteiger partial charge in [0.25, 0.3) is 0 Å². The van der Waals surface area contributed by atoms with Crippen molar-refractivity contribution in [1.29, 1.82) is 0 Å². The number of carboxylic acids is 1. The summed E-state index contributed by atoms with van der Waals surface area (Å²) >= 11 is 5.72. The van der Waals surface area contributed by atoms with Gasteiger partial charge in [-0.2, -0.15) is 0 Å². The molecule has 3 aromatic rings. The molecule has 6 heteroatoms. The van der Waals surface area contributed by atoms with Crippen LogP contribution in [0, 0.1) is 10.5 Å². The number of hydrogen-bond acceptors (Lipinski definition) is 2. The maximum Gasteiger partial charge on any atom is 0.337 e. The molecule has 0 amide bonds. The number of carbonyl (C=O) groups is 1. The molecule has 3 rings (SSSR count). The average molecular weight is 497 g/mol. The maximum atomic E-state index is 11.6. The highest BCUT2D eigenvalue weighted by atomic mass is 127. The van der Waals surface area contributed by atoms with Gasteiger partial charge < -0.3 is 15.0 Å². The molecule has 0 radical (unpaired) electrons. The van der Waals surface area contributed by atoms with Gasteiger partial charge in [-0.05, 0) is 93.5 Å². The summed E-state index contributed by atoms with van der Waals surface area (Å²) < 4.78 is 3.79. The summed E-state index contributed by atoms with van der Waals surface area (Å²) in [4.78, 5) is 11.6. The van der Waals surface area contributed by atoms with Gasteiger partial charge in [0.2, 0.25) is 0 Å². The van der Waals surface area contributed by atoms with E-state index in [1.54, 1.807) is 6.07 Å². The van der Waals surface area contributed by atoms with Crippen LogP contribution < -0.4 is 5.32 Å². The molecule has 1 aromatic heterocycles. The fourth-order valence-corrected chi connectivity index (χ4v) is 3.64. The summed E-state index contributed by atoms with van der Waals surface area (Å²) in [5.41, 5.74) is 3.59. The highest BCUT2D eigenvalue weighted by Crippen LogP contribution is 2.32. The first-order valence-electron chi connectivity index (χ1n) is 7.19. The number of anilines is 2. The lowest BCUT2D eigenvalue weighted by molar-refractivity contribution is 0.0698. The Morgan fingerprint density at radius 1 is 1.17 bits per heavy atom. The largest absolute Gasteiger partial charge is 0.478 e. The lowest BCUT2D eigenvalue weighted by Gasteiger charge is -2.16. The van der Waals surface area contributed by atoms with Crippen LogP contribution in [0.5, 0.6) is 0 Å². The van der Waals surface area contributed by atoms with E-state index < -0.39 is 5.97 Å². The first-order chi connectivity index (χ1) is 11.5. The Balaban J connectivity index is 2.10. The molecule has 2 N–H and O–H groups in total. The fraction of sp³-hybridized carbons (Fsp3) is 0.0556. The van der Waals surface area contributed by atoms with Crippen molar-refractivity contribution in [2.24, 2.45) is 0 Å². The van der Waals surface area contributed by atoms with Crippen LogP contribution in [0.25, 0.3) is 5.69 Å². The van der Waals surface area contributed by atoms with E-state index in [0.29, 0.717) is 5.69 Å². The number of aromatic carboxylic acids is 1. The summed E-state index contributed by atoms with van der Waals surface area (Å²) in [5, 5.41) is 12.8. The molecule has 0 unspecified atom stereocenters. The molecule has 2 aromatic carbocycles. The zero-order valence-electron chi connectivity index (χ0n) is 12.8. The Hall–Kier alpha value is -1.80. The van der Waals surface area contributed by atoms with E-state index in [1.165, 1.54) is 0 Å². The van der Waals surface area contributed by atoms with Crippen molar-refractivity contribution in [3.05, 3.63) is 74.0 Å². The van der Waals surface area contributed by atoms with Gasteiger partial charge in [-0.25, -0.2) is 4.79 Å². The number of benzene rings is 2. The Morgan fingerprint density at radius 2 is 1.88 bits per heavy atom. The Morgan fingerprint density at radius 3 is 2.50 bits per heavy atom. The van der Waals surface area contributed by atoms with Crippen LogP contribution in [-0.4, -0.2) is 15.6 Å². The van der Waals surface area contributed by atoms with E-state index in [1.807, 2.05) is 54.2 Å². The predicted molar refractivity (Wildman–Crippen MR) is 108 cm³/mol. The maximum absolute atomic E-state index is 11.6. The van der Waals surface area contributed by atoms with Crippen LogP contribution >= 0.6 is 38.5 Å². The molecular weight excluding hydrogens is 483 g/mol. The number of aromatic nitrogens is 1. The second-order valence-corrected chi connectivity index (χ2v) is 7.43. The summed E-state index contributed by atoms with van der Waals surface area (Å²) in [6.45, 7) is 2.00. The van der Waals surface area contributed by atoms with Gasteiger partial charge in [0.15, 0.2) is 0 Å². The van der Waals surface area contributed by atoms with Gasteiger partial charge in [0.1, 0.15) is 0 Å². The quantitative estimate of drug-likeness (QED) is 0.462. The Bertz CT molecular complexity index is 908. The van der Waals surface area contributed by atoms with Crippen molar-refractivity contribution in [1.82, 2.24) is 4.57 Å². The lowest BCUT2D eigenvalue weighted by Crippen LogP contribution is -2.06. The van der Waals surface area contributed by atoms with Gasteiger partial charge in [-0.1, -0.05) is 0 Å². The molecular formula is C18H14BrIN2O2. The molecule has 4 nitrogen and oxygen atoms in total. The third kappa shape index (κ3) is 3.49. The van der Waals surface area contributed by atoms with Crippen LogP contribution in [0.3, 0.4) is 0 Å². The first kappa shape index (κ1) is 17.0. The van der Waals surface area contributed by atoms with E-state index >= 15 is 0 Å². The zero-order chi connectivity index (χ0) is 17.3. The van der Waals surface area contributed by atoms with E-state index in [2.05, 4.69) is 49.9 Å². The minimum Gasteiger partial charge on any atom is -0.478 e. The normalized spacial score (nSPS) is 10.6. The van der Waals surface area contributed by atoms with E-state index in [0.717, 1.165) is 25.0 Å². The highest BCUT2D eigenvalue weighted by Gasteiger charge is 2.15. The lowest BCUT2D eigenvalue weighted by atomic mass is 10.1. The number of carboxylic acid groups (broad SMARTS) is 1. The number of nitrogens with one attached hydrogen (secondary N) is 1. The second-order valence-electron chi connectivity index (χ2n) is 5.33. The minimum absolute atomic E-state index is 0.218. The summed E-state index contributed by atoms with van der Waals surface area (Å²) in [5.74, 6) is -0.972. The van der Waals surface area contributed by atoms with Crippen molar-refractivity contribution in [2.45, 2.75) is 6.92 Å². The standard InChI is InChI=1S/C18H14BrIN2O2/c1-11-8-12(20)4-5-15(11)21-16-10-17(22-6-2-3-7-22)14(19)9-13(16)18(23)24/h2-10,21H,1H3,(H,23,24). The van der Waals surface area contributed by atoms with E-state index in [9.17, 15) is 9.90 Å². The zero-order valence-corrected chi connectivity index (χ0v) is 16.5. The molecule has 122 valence electrons. The SMILES string of the molecule is Cc1cc(I)ccc1Nc1cc(-n2cccc2)c(Br)cc1C(=O)O. The van der Waals surface area contributed by atoms with Crippen molar-refractivity contribution < 1.29 is 9.90 Å². The summed E-state index contributed by atoms with van der Waals surface area (Å²) in [7, 11) is 0. The molecule has 24 heavy (non-hydrogen) atoms. The minimum atomic E-state index is -0.972. The van der Waals surface area contributed by atoms with Gasteiger partial charge in [0.05, 0.1) is 16.9 Å². The number of rotatable bonds is 4. The fourth-order valence-electron chi connectivity index (χ4n) is 2.45. The smallest absolute Gasteiger partial charge is 0.337 e. The number of halogens is 2. The Kier molecular flexibility index (Phi) is 4.96. The molecule has 0 bridgehead atoms. The molecule has 0 aliphatic carbocycles. The van der Waals surface area contributed by atoms with Gasteiger partial charge >= 0.3 is 5.97 Å². The molecule has 0 fully saturated rings. The van der Waals surface area contributed by atoms with Gasteiger partial charge in [-0.3, -0.25) is 0 Å². The molecule has 0 saturated carbocycles. The van der Waals surface area contributed by atoms with Crippen LogP contribution in [0.15, 0.2) is 59.3 Å². The number of aryl methyl sites for hydroxylation is 1. The first-order valence-corrected chi connectivity index (χ1v) is 9.06. The second kappa shape index (κ2) is 6.98. The van der Waals surface area contributed by atoms with Crippen molar-refractivity contribution >= 4 is 55.9 Å².